The van der Waals surface area contributed by atoms with Crippen molar-refractivity contribution in [3.63, 3.8) is 0 Å². The molecular formula is C21H20FN3O2. The van der Waals surface area contributed by atoms with Crippen molar-refractivity contribution in [1.29, 1.82) is 0 Å². The summed E-state index contributed by atoms with van der Waals surface area (Å²) in [4.78, 5) is 16.5. The van der Waals surface area contributed by atoms with Gasteiger partial charge in [-0.3, -0.25) is 15.2 Å². The second kappa shape index (κ2) is 8.91. The molecule has 1 aromatic heterocycles. The Morgan fingerprint density at radius 1 is 1.07 bits per heavy atom. The van der Waals surface area contributed by atoms with Crippen molar-refractivity contribution >= 4 is 5.91 Å². The zero-order valence-electron chi connectivity index (χ0n) is 14.9. The van der Waals surface area contributed by atoms with Crippen molar-refractivity contribution < 1.29 is 13.9 Å². The molecule has 3 rings (SSSR count). The first-order valence-electron chi connectivity index (χ1n) is 8.62. The van der Waals surface area contributed by atoms with E-state index in [2.05, 4.69) is 15.8 Å². The van der Waals surface area contributed by atoms with Gasteiger partial charge in [-0.25, -0.2) is 9.82 Å². The van der Waals surface area contributed by atoms with Crippen LogP contribution in [0.2, 0.25) is 0 Å². The molecule has 0 atom stereocenters. The van der Waals surface area contributed by atoms with Crippen molar-refractivity contribution in [3.8, 4) is 16.9 Å². The first kappa shape index (κ1) is 18.5. The summed E-state index contributed by atoms with van der Waals surface area (Å²) >= 11 is 0. The molecule has 2 N–H and O–H groups in total. The second-order valence-electron chi connectivity index (χ2n) is 5.82. The summed E-state index contributed by atoms with van der Waals surface area (Å²) in [6.07, 6.45) is 3.18. The van der Waals surface area contributed by atoms with E-state index < -0.39 is 0 Å². The molecule has 1 amide bonds. The molecule has 5 nitrogen and oxygen atoms in total. The first-order valence-corrected chi connectivity index (χ1v) is 8.62. The van der Waals surface area contributed by atoms with Gasteiger partial charge in [-0.15, -0.1) is 0 Å². The number of nitrogens with one attached hydrogen (secondary N) is 2. The molecule has 0 aliphatic carbocycles. The number of hydrazine groups is 1. The molecule has 3 aromatic rings. The highest BCUT2D eigenvalue weighted by molar-refractivity contribution is 5.94. The first-order chi connectivity index (χ1) is 13.2. The molecule has 6 heteroatoms. The van der Waals surface area contributed by atoms with E-state index in [0.717, 1.165) is 16.9 Å². The third-order valence-electron chi connectivity index (χ3n) is 3.94. The number of pyridine rings is 1. The summed E-state index contributed by atoms with van der Waals surface area (Å²) in [5, 5.41) is 0. The number of ether oxygens (including phenoxy) is 1. The standard InChI is InChI=1S/C21H20FN3O2/c1-2-27-19-9-7-15(8-10-19)17-11-18(13-23-12-17)21(26)25-24-14-16-5-3-4-6-20(16)22/h3-13,24H,2,14H2,1H3,(H,25,26). The molecular weight excluding hydrogens is 345 g/mol. The lowest BCUT2D eigenvalue weighted by Gasteiger charge is -2.09. The summed E-state index contributed by atoms with van der Waals surface area (Å²) < 4.78 is 19.0. The number of nitrogens with zero attached hydrogens (tertiary/aromatic N) is 1. The maximum atomic E-state index is 13.6. The third-order valence-corrected chi connectivity index (χ3v) is 3.94. The number of carbonyl (C=O) groups is 1. The Hall–Kier alpha value is -3.25. The van der Waals surface area contributed by atoms with Crippen LogP contribution in [0.25, 0.3) is 11.1 Å². The van der Waals surface area contributed by atoms with Crippen molar-refractivity contribution in [3.05, 3.63) is 83.9 Å². The Balaban J connectivity index is 1.64. The van der Waals surface area contributed by atoms with E-state index in [1.165, 1.54) is 12.3 Å². The number of rotatable bonds is 7. The predicted octanol–water partition coefficient (Wildman–Crippen LogP) is 3.72. The van der Waals surface area contributed by atoms with E-state index in [1.54, 1.807) is 30.5 Å². The molecule has 0 fully saturated rings. The zero-order valence-corrected chi connectivity index (χ0v) is 14.9. The monoisotopic (exact) mass is 365 g/mol. The van der Waals surface area contributed by atoms with E-state index in [0.29, 0.717) is 17.7 Å². The molecule has 0 bridgehead atoms. The minimum absolute atomic E-state index is 0.185. The average molecular weight is 365 g/mol. The highest BCUT2D eigenvalue weighted by atomic mass is 19.1. The van der Waals surface area contributed by atoms with Crippen molar-refractivity contribution in [2.45, 2.75) is 13.5 Å². The van der Waals surface area contributed by atoms with Gasteiger partial charge >= 0.3 is 0 Å². The van der Waals surface area contributed by atoms with Crippen molar-refractivity contribution in [2.24, 2.45) is 0 Å². The fraction of sp³-hybridized carbons (Fsp3) is 0.143. The Labute approximate surface area is 157 Å². The van der Waals surface area contributed by atoms with Gasteiger partial charge in [0.2, 0.25) is 0 Å². The minimum Gasteiger partial charge on any atom is -0.494 e. The van der Waals surface area contributed by atoms with Crippen LogP contribution in [0.5, 0.6) is 5.75 Å². The second-order valence-corrected chi connectivity index (χ2v) is 5.82. The quantitative estimate of drug-likeness (QED) is 0.627. The van der Waals surface area contributed by atoms with Crippen LogP contribution < -0.4 is 15.6 Å². The fourth-order valence-corrected chi connectivity index (χ4v) is 2.57. The summed E-state index contributed by atoms with van der Waals surface area (Å²) in [6, 6.07) is 15.7. The van der Waals surface area contributed by atoms with Crippen LogP contribution in [0.1, 0.15) is 22.8 Å². The topological polar surface area (TPSA) is 63.2 Å². The number of carbonyl (C=O) groups excluding carboxylic acids is 1. The van der Waals surface area contributed by atoms with Gasteiger partial charge in [0.15, 0.2) is 0 Å². The van der Waals surface area contributed by atoms with Gasteiger partial charge < -0.3 is 4.74 Å². The van der Waals surface area contributed by atoms with Crippen LogP contribution in [0.4, 0.5) is 4.39 Å². The lowest BCUT2D eigenvalue weighted by molar-refractivity contribution is 0.0931. The summed E-state index contributed by atoms with van der Waals surface area (Å²) in [5.41, 5.74) is 7.93. The predicted molar refractivity (Wildman–Crippen MR) is 102 cm³/mol. The third kappa shape index (κ3) is 4.89. The molecule has 1 heterocycles. The van der Waals surface area contributed by atoms with E-state index >= 15 is 0 Å². The van der Waals surface area contributed by atoms with Gasteiger partial charge in [0.05, 0.1) is 12.2 Å². The van der Waals surface area contributed by atoms with Crippen molar-refractivity contribution in [1.82, 2.24) is 15.8 Å². The maximum absolute atomic E-state index is 13.6. The smallest absolute Gasteiger partial charge is 0.266 e. The number of benzene rings is 2. The lowest BCUT2D eigenvalue weighted by atomic mass is 10.1. The van der Waals surface area contributed by atoms with E-state index in [-0.39, 0.29) is 18.3 Å². The van der Waals surface area contributed by atoms with Crippen LogP contribution in [-0.2, 0) is 6.54 Å². The molecule has 0 aliphatic heterocycles. The average Bonchev–Trinajstić information content (AvgIpc) is 2.70. The number of hydrogen-bond acceptors (Lipinski definition) is 4. The normalized spacial score (nSPS) is 10.4. The number of aromatic nitrogens is 1. The largest absolute Gasteiger partial charge is 0.494 e. The minimum atomic E-state index is -0.341. The van der Waals surface area contributed by atoms with E-state index in [4.69, 9.17) is 4.74 Å². The molecule has 2 aromatic carbocycles. The van der Waals surface area contributed by atoms with Crippen molar-refractivity contribution in [2.75, 3.05) is 6.61 Å². The SMILES string of the molecule is CCOc1ccc(-c2cncc(C(=O)NNCc3ccccc3F)c2)cc1. The molecule has 0 aliphatic rings. The van der Waals surface area contributed by atoms with Crippen LogP contribution in [0, 0.1) is 5.82 Å². The number of amides is 1. The summed E-state index contributed by atoms with van der Waals surface area (Å²) in [6.45, 7) is 2.72. The van der Waals surface area contributed by atoms with Gasteiger partial charge in [0.25, 0.3) is 5.91 Å². The van der Waals surface area contributed by atoms with Crippen LogP contribution in [0.3, 0.4) is 0 Å². The highest BCUT2D eigenvalue weighted by Crippen LogP contribution is 2.22. The van der Waals surface area contributed by atoms with Gasteiger partial charge in [-0.2, -0.15) is 0 Å². The van der Waals surface area contributed by atoms with Gasteiger partial charge in [0.1, 0.15) is 11.6 Å². The van der Waals surface area contributed by atoms with Gasteiger partial charge in [0, 0.05) is 30.1 Å². The van der Waals surface area contributed by atoms with Crippen LogP contribution in [0.15, 0.2) is 67.0 Å². The van der Waals surface area contributed by atoms with Gasteiger partial charge in [-0.1, -0.05) is 30.3 Å². The zero-order chi connectivity index (χ0) is 19.1. The number of halogens is 1. The molecule has 0 unspecified atom stereocenters. The lowest BCUT2D eigenvalue weighted by Crippen LogP contribution is -2.37. The maximum Gasteiger partial charge on any atom is 0.266 e. The Morgan fingerprint density at radius 2 is 1.85 bits per heavy atom. The number of hydrogen-bond donors (Lipinski definition) is 2. The van der Waals surface area contributed by atoms with E-state index in [1.807, 2.05) is 31.2 Å². The molecule has 138 valence electrons. The molecule has 0 spiro atoms. The van der Waals surface area contributed by atoms with E-state index in [9.17, 15) is 9.18 Å². The van der Waals surface area contributed by atoms with Crippen LogP contribution in [-0.4, -0.2) is 17.5 Å². The highest BCUT2D eigenvalue weighted by Gasteiger charge is 2.08. The molecule has 0 saturated heterocycles. The Bertz CT molecular complexity index is 913. The molecule has 27 heavy (non-hydrogen) atoms. The van der Waals surface area contributed by atoms with Crippen LogP contribution >= 0.6 is 0 Å². The molecule has 0 saturated carbocycles. The summed E-state index contributed by atoms with van der Waals surface area (Å²) in [5.74, 6) is 0.130. The summed E-state index contributed by atoms with van der Waals surface area (Å²) in [7, 11) is 0. The Kier molecular flexibility index (Phi) is 6.12. The Morgan fingerprint density at radius 3 is 2.59 bits per heavy atom. The molecule has 0 radical (unpaired) electrons. The fourth-order valence-electron chi connectivity index (χ4n) is 2.57. The van der Waals surface area contributed by atoms with Gasteiger partial charge in [-0.05, 0) is 36.8 Å².